The molecule has 0 aliphatic rings. The van der Waals surface area contributed by atoms with Gasteiger partial charge < -0.3 is 10.2 Å². The van der Waals surface area contributed by atoms with Gasteiger partial charge >= 0.3 is 0 Å². The molecule has 0 spiro atoms. The minimum atomic E-state index is 0.155. The van der Waals surface area contributed by atoms with Gasteiger partial charge in [0.15, 0.2) is 0 Å². The minimum absolute atomic E-state index is 0.155. The molecule has 0 aliphatic carbocycles. The third-order valence-corrected chi connectivity index (χ3v) is 3.88. The predicted octanol–water partition coefficient (Wildman–Crippen LogP) is 1.89. The lowest BCUT2D eigenvalue weighted by molar-refractivity contribution is -0.128. The molecule has 96 valence electrons. The summed E-state index contributed by atoms with van der Waals surface area (Å²) in [7, 11) is 3.56. The van der Waals surface area contributed by atoms with E-state index in [9.17, 15) is 4.79 Å². The van der Waals surface area contributed by atoms with Crippen molar-refractivity contribution in [2.24, 2.45) is 0 Å². The second-order valence-corrected chi connectivity index (χ2v) is 5.63. The van der Waals surface area contributed by atoms with Crippen LogP contribution in [-0.2, 0) is 4.79 Å². The second kappa shape index (κ2) is 6.12. The number of nitrogens with zero attached hydrogens (tertiary/aromatic N) is 2. The molecule has 1 N–H and O–H groups in total. The zero-order chi connectivity index (χ0) is 13.0. The van der Waals surface area contributed by atoms with Crippen LogP contribution >= 0.6 is 11.3 Å². The monoisotopic (exact) mass is 255 g/mol. The lowest BCUT2D eigenvalue weighted by atomic mass is 10.2. The first kappa shape index (κ1) is 14.1. The van der Waals surface area contributed by atoms with Gasteiger partial charge in [0.25, 0.3) is 0 Å². The van der Waals surface area contributed by atoms with Crippen molar-refractivity contribution in [3.63, 3.8) is 0 Å². The summed E-state index contributed by atoms with van der Waals surface area (Å²) in [6.07, 6.45) is 0.536. The maximum absolute atomic E-state index is 11.4. The Bertz CT molecular complexity index is 387. The van der Waals surface area contributed by atoms with E-state index in [-0.39, 0.29) is 11.9 Å². The Balaban J connectivity index is 2.42. The van der Waals surface area contributed by atoms with Gasteiger partial charge in [-0.1, -0.05) is 0 Å². The van der Waals surface area contributed by atoms with Crippen LogP contribution in [-0.4, -0.2) is 36.4 Å². The number of aromatic nitrogens is 1. The predicted molar refractivity (Wildman–Crippen MR) is 71.3 cm³/mol. The summed E-state index contributed by atoms with van der Waals surface area (Å²) in [5.41, 5.74) is 1.09. The number of rotatable bonds is 5. The topological polar surface area (TPSA) is 45.2 Å². The summed E-state index contributed by atoms with van der Waals surface area (Å²) >= 11 is 1.72. The van der Waals surface area contributed by atoms with Gasteiger partial charge in [0.2, 0.25) is 5.91 Å². The molecule has 0 bridgehead atoms. The fraction of sp³-hybridized carbons (Fsp3) is 0.667. The van der Waals surface area contributed by atoms with E-state index in [1.807, 2.05) is 13.8 Å². The average Bonchev–Trinajstić information content (AvgIpc) is 2.57. The molecule has 17 heavy (non-hydrogen) atoms. The van der Waals surface area contributed by atoms with Gasteiger partial charge in [0.1, 0.15) is 0 Å². The molecule has 1 heterocycles. The molecule has 0 aromatic carbocycles. The van der Waals surface area contributed by atoms with Crippen molar-refractivity contribution in [3.05, 3.63) is 15.6 Å². The van der Waals surface area contributed by atoms with Gasteiger partial charge in [-0.3, -0.25) is 4.79 Å². The van der Waals surface area contributed by atoms with E-state index >= 15 is 0 Å². The lowest BCUT2D eigenvalue weighted by Gasteiger charge is -2.14. The maximum atomic E-state index is 11.4. The van der Waals surface area contributed by atoms with Crippen LogP contribution in [0.3, 0.4) is 0 Å². The van der Waals surface area contributed by atoms with Gasteiger partial charge in [0.05, 0.1) is 10.7 Å². The van der Waals surface area contributed by atoms with Crippen LogP contribution in [0.4, 0.5) is 0 Å². The van der Waals surface area contributed by atoms with Gasteiger partial charge in [-0.25, -0.2) is 4.98 Å². The highest BCUT2D eigenvalue weighted by Crippen LogP contribution is 2.24. The molecule has 1 amide bonds. The molecule has 4 nitrogen and oxygen atoms in total. The SMILES string of the molecule is Cc1nc(C)c(C(C)NCCC(=O)N(C)C)s1. The summed E-state index contributed by atoms with van der Waals surface area (Å²) in [5.74, 6) is 0.155. The van der Waals surface area contributed by atoms with Crippen LogP contribution in [0.5, 0.6) is 0 Å². The van der Waals surface area contributed by atoms with Crippen LogP contribution < -0.4 is 5.32 Å². The normalized spacial score (nSPS) is 12.5. The average molecular weight is 255 g/mol. The Morgan fingerprint density at radius 1 is 1.47 bits per heavy atom. The molecule has 1 unspecified atom stereocenters. The summed E-state index contributed by atoms with van der Waals surface area (Å²) in [6.45, 7) is 6.86. The molecule has 1 rings (SSSR count). The van der Waals surface area contributed by atoms with Crippen LogP contribution in [0.25, 0.3) is 0 Å². The van der Waals surface area contributed by atoms with E-state index in [2.05, 4.69) is 17.2 Å². The van der Waals surface area contributed by atoms with Crippen LogP contribution in [0.2, 0.25) is 0 Å². The molecule has 0 radical (unpaired) electrons. The fourth-order valence-corrected chi connectivity index (χ4v) is 2.61. The number of amides is 1. The molecule has 1 aromatic heterocycles. The van der Waals surface area contributed by atoms with E-state index in [1.165, 1.54) is 4.88 Å². The van der Waals surface area contributed by atoms with Crippen molar-refractivity contribution in [3.8, 4) is 0 Å². The van der Waals surface area contributed by atoms with E-state index in [1.54, 1.807) is 30.3 Å². The Morgan fingerprint density at radius 3 is 2.59 bits per heavy atom. The van der Waals surface area contributed by atoms with Gasteiger partial charge in [-0.15, -0.1) is 11.3 Å². The zero-order valence-corrected chi connectivity index (χ0v) is 12.0. The molecule has 1 atom stereocenters. The highest BCUT2D eigenvalue weighted by Gasteiger charge is 2.12. The van der Waals surface area contributed by atoms with E-state index in [0.717, 1.165) is 10.7 Å². The third kappa shape index (κ3) is 4.09. The maximum Gasteiger partial charge on any atom is 0.223 e. The number of carbonyl (C=O) groups is 1. The van der Waals surface area contributed by atoms with Crippen molar-refractivity contribution in [2.75, 3.05) is 20.6 Å². The number of carbonyl (C=O) groups excluding carboxylic acids is 1. The largest absolute Gasteiger partial charge is 0.349 e. The van der Waals surface area contributed by atoms with E-state index in [4.69, 9.17) is 0 Å². The Kier molecular flexibility index (Phi) is 5.08. The fourth-order valence-electron chi connectivity index (χ4n) is 1.66. The highest BCUT2D eigenvalue weighted by molar-refractivity contribution is 7.11. The van der Waals surface area contributed by atoms with E-state index < -0.39 is 0 Å². The molecule has 5 heteroatoms. The number of hydrogen-bond acceptors (Lipinski definition) is 4. The van der Waals surface area contributed by atoms with Crippen LogP contribution in [0.15, 0.2) is 0 Å². The Morgan fingerprint density at radius 2 is 2.12 bits per heavy atom. The first-order valence-corrected chi connectivity index (χ1v) is 6.61. The Labute approximate surface area is 107 Å². The number of nitrogens with one attached hydrogen (secondary N) is 1. The first-order valence-electron chi connectivity index (χ1n) is 5.79. The molecule has 0 saturated carbocycles. The molecule has 0 fully saturated rings. The molecule has 0 saturated heterocycles. The quantitative estimate of drug-likeness (QED) is 0.874. The van der Waals surface area contributed by atoms with Crippen molar-refractivity contribution in [1.29, 1.82) is 0 Å². The van der Waals surface area contributed by atoms with Crippen molar-refractivity contribution in [1.82, 2.24) is 15.2 Å². The zero-order valence-electron chi connectivity index (χ0n) is 11.2. The Hall–Kier alpha value is -0.940. The summed E-state index contributed by atoms with van der Waals surface area (Å²) in [5, 5.41) is 4.45. The lowest BCUT2D eigenvalue weighted by Crippen LogP contribution is -2.28. The standard InChI is InChI=1S/C12H21N3OS/c1-8(12-9(2)14-10(3)17-12)13-7-6-11(16)15(4)5/h8,13H,6-7H2,1-5H3. The summed E-state index contributed by atoms with van der Waals surface area (Å²) in [4.78, 5) is 18.7. The van der Waals surface area contributed by atoms with Gasteiger partial charge in [-0.05, 0) is 20.8 Å². The smallest absolute Gasteiger partial charge is 0.223 e. The second-order valence-electron chi connectivity index (χ2n) is 4.40. The number of aryl methyl sites for hydroxylation is 2. The summed E-state index contributed by atoms with van der Waals surface area (Å²) in [6, 6.07) is 0.260. The summed E-state index contributed by atoms with van der Waals surface area (Å²) < 4.78 is 0. The van der Waals surface area contributed by atoms with E-state index in [0.29, 0.717) is 13.0 Å². The van der Waals surface area contributed by atoms with Gasteiger partial charge in [-0.2, -0.15) is 0 Å². The van der Waals surface area contributed by atoms with Crippen LogP contribution in [0, 0.1) is 13.8 Å². The van der Waals surface area contributed by atoms with Crippen molar-refractivity contribution < 1.29 is 4.79 Å². The van der Waals surface area contributed by atoms with Crippen molar-refractivity contribution in [2.45, 2.75) is 33.2 Å². The number of hydrogen-bond donors (Lipinski definition) is 1. The highest BCUT2D eigenvalue weighted by atomic mass is 32.1. The van der Waals surface area contributed by atoms with Crippen LogP contribution in [0.1, 0.15) is 35.0 Å². The molecular weight excluding hydrogens is 234 g/mol. The third-order valence-electron chi connectivity index (χ3n) is 2.62. The molecule has 1 aromatic rings. The van der Waals surface area contributed by atoms with Gasteiger partial charge in [0, 0.05) is 38.0 Å². The first-order chi connectivity index (χ1) is 7.91. The van der Waals surface area contributed by atoms with Crippen molar-refractivity contribution >= 4 is 17.2 Å². The number of thiazole rings is 1. The minimum Gasteiger partial charge on any atom is -0.349 e. The molecule has 0 aliphatic heterocycles. The molecular formula is C12H21N3OS.